The average molecular weight is 281 g/mol. The van der Waals surface area contributed by atoms with Crippen LogP contribution in [0.3, 0.4) is 0 Å². The Labute approximate surface area is 119 Å². The highest BCUT2D eigenvalue weighted by Gasteiger charge is 2.10. The van der Waals surface area contributed by atoms with Crippen LogP contribution in [-0.4, -0.2) is 9.91 Å². The molecule has 3 aromatic rings. The Hall–Kier alpha value is -3.15. The molecule has 0 aliphatic heterocycles. The molecule has 21 heavy (non-hydrogen) atoms. The lowest BCUT2D eigenvalue weighted by Crippen LogP contribution is -1.94. The summed E-state index contributed by atoms with van der Waals surface area (Å²) in [7, 11) is 0. The number of ether oxygens (including phenoxy) is 1. The van der Waals surface area contributed by atoms with E-state index in [1.165, 1.54) is 18.2 Å². The number of hydrogen-bond donors (Lipinski definition) is 1. The molecule has 2 N–H and O–H groups in total. The Kier molecular flexibility index (Phi) is 3.12. The molecule has 1 aromatic heterocycles. The predicted octanol–water partition coefficient (Wildman–Crippen LogP) is 3.52. The second kappa shape index (κ2) is 5.09. The number of benzene rings is 2. The molecule has 3 rings (SSSR count). The molecule has 6 heteroatoms. The summed E-state index contributed by atoms with van der Waals surface area (Å²) in [5.74, 6) is 0.798. The number of para-hydroxylation sites is 1. The van der Waals surface area contributed by atoms with Crippen molar-refractivity contribution in [1.82, 2.24) is 4.98 Å². The molecule has 104 valence electrons. The Morgan fingerprint density at radius 2 is 1.90 bits per heavy atom. The van der Waals surface area contributed by atoms with Gasteiger partial charge in [-0.25, -0.2) is 0 Å². The quantitative estimate of drug-likeness (QED) is 0.450. The fraction of sp³-hybridized carbons (Fsp3) is 0. The molecule has 0 unspecified atom stereocenters. The smallest absolute Gasteiger partial charge is 0.275 e. The molecule has 0 amide bonds. The number of nitrogen functional groups attached to an aromatic ring is 1. The highest BCUT2D eigenvalue weighted by molar-refractivity contribution is 5.79. The highest BCUT2D eigenvalue weighted by atomic mass is 16.6. The first-order valence-corrected chi connectivity index (χ1v) is 6.19. The van der Waals surface area contributed by atoms with Gasteiger partial charge in [0.25, 0.3) is 5.69 Å². The maximum atomic E-state index is 10.8. The van der Waals surface area contributed by atoms with E-state index in [1.54, 1.807) is 6.20 Å². The van der Waals surface area contributed by atoms with Crippen LogP contribution < -0.4 is 10.5 Å². The Morgan fingerprint density at radius 3 is 2.71 bits per heavy atom. The summed E-state index contributed by atoms with van der Waals surface area (Å²) in [6, 6.07) is 13.6. The minimum Gasteiger partial charge on any atom is -0.455 e. The molecule has 2 aromatic carbocycles. The summed E-state index contributed by atoms with van der Waals surface area (Å²) in [5.41, 5.74) is 6.65. The summed E-state index contributed by atoms with van der Waals surface area (Å²) in [6.45, 7) is 0. The molecule has 0 aliphatic carbocycles. The zero-order valence-electron chi connectivity index (χ0n) is 10.9. The van der Waals surface area contributed by atoms with Gasteiger partial charge < -0.3 is 10.5 Å². The molecule has 0 radical (unpaired) electrons. The van der Waals surface area contributed by atoms with Gasteiger partial charge in [-0.05, 0) is 12.1 Å². The van der Waals surface area contributed by atoms with Crippen LogP contribution in [0.15, 0.2) is 54.7 Å². The van der Waals surface area contributed by atoms with E-state index in [4.69, 9.17) is 10.5 Å². The van der Waals surface area contributed by atoms with Gasteiger partial charge in [0.1, 0.15) is 11.5 Å². The zero-order valence-corrected chi connectivity index (χ0v) is 10.9. The molecular weight excluding hydrogens is 270 g/mol. The van der Waals surface area contributed by atoms with Gasteiger partial charge in [-0.2, -0.15) is 0 Å². The lowest BCUT2D eigenvalue weighted by Gasteiger charge is -2.07. The number of non-ortho nitro benzene ring substituents is 1. The number of nitro benzene ring substituents is 1. The Balaban J connectivity index is 1.96. The Bertz CT molecular complexity index is 833. The summed E-state index contributed by atoms with van der Waals surface area (Å²) in [6.07, 6.45) is 1.57. The van der Waals surface area contributed by atoms with Gasteiger partial charge in [0.05, 0.1) is 22.7 Å². The number of nitro groups is 1. The van der Waals surface area contributed by atoms with Gasteiger partial charge in [-0.3, -0.25) is 15.1 Å². The molecule has 0 fully saturated rings. The monoisotopic (exact) mass is 281 g/mol. The molecular formula is C15H11N3O3. The third-order valence-electron chi connectivity index (χ3n) is 2.93. The van der Waals surface area contributed by atoms with Gasteiger partial charge >= 0.3 is 0 Å². The second-order valence-corrected chi connectivity index (χ2v) is 4.48. The second-order valence-electron chi connectivity index (χ2n) is 4.48. The van der Waals surface area contributed by atoms with Crippen LogP contribution in [0, 0.1) is 10.1 Å². The van der Waals surface area contributed by atoms with E-state index in [9.17, 15) is 10.1 Å². The number of anilines is 1. The van der Waals surface area contributed by atoms with Crippen molar-refractivity contribution in [2.75, 3.05) is 5.73 Å². The number of pyridine rings is 1. The third kappa shape index (κ3) is 2.74. The van der Waals surface area contributed by atoms with Crippen LogP contribution in [0.25, 0.3) is 10.9 Å². The first-order chi connectivity index (χ1) is 10.1. The van der Waals surface area contributed by atoms with Crippen LogP contribution in [0.4, 0.5) is 11.4 Å². The topological polar surface area (TPSA) is 91.3 Å². The number of rotatable bonds is 3. The van der Waals surface area contributed by atoms with Crippen molar-refractivity contribution in [3.63, 3.8) is 0 Å². The fourth-order valence-electron chi connectivity index (χ4n) is 2.01. The lowest BCUT2D eigenvalue weighted by atomic mass is 10.2. The molecule has 6 nitrogen and oxygen atoms in total. The van der Waals surface area contributed by atoms with Gasteiger partial charge in [-0.1, -0.05) is 18.2 Å². The molecule has 0 atom stereocenters. The first kappa shape index (κ1) is 12.9. The van der Waals surface area contributed by atoms with E-state index in [2.05, 4.69) is 4.98 Å². The van der Waals surface area contributed by atoms with Gasteiger partial charge in [0, 0.05) is 23.2 Å². The number of hydrogen-bond acceptors (Lipinski definition) is 5. The van der Waals surface area contributed by atoms with Gasteiger partial charge in [-0.15, -0.1) is 0 Å². The van der Waals surface area contributed by atoms with E-state index >= 15 is 0 Å². The van der Waals surface area contributed by atoms with Crippen molar-refractivity contribution in [2.24, 2.45) is 0 Å². The molecule has 0 spiro atoms. The van der Waals surface area contributed by atoms with Crippen LogP contribution in [0.2, 0.25) is 0 Å². The molecule has 0 bridgehead atoms. The summed E-state index contributed by atoms with van der Waals surface area (Å²) in [5, 5.41) is 11.7. The summed E-state index contributed by atoms with van der Waals surface area (Å²) < 4.78 is 5.61. The standard InChI is InChI=1S/C15H11N3O3/c16-11-6-12(18(19)20)8-13(7-11)21-14-5-10-3-1-2-4-15(10)17-9-14/h1-9H,16H2. The molecule has 1 heterocycles. The predicted molar refractivity (Wildman–Crippen MR) is 79.3 cm³/mol. The maximum absolute atomic E-state index is 10.8. The third-order valence-corrected chi connectivity index (χ3v) is 2.93. The molecule has 0 saturated heterocycles. The average Bonchev–Trinajstić information content (AvgIpc) is 2.46. The largest absolute Gasteiger partial charge is 0.455 e. The minimum atomic E-state index is -0.512. The van der Waals surface area contributed by atoms with Crippen LogP contribution in [0.5, 0.6) is 11.5 Å². The zero-order chi connectivity index (χ0) is 14.8. The number of nitrogens with zero attached hydrogens (tertiary/aromatic N) is 2. The summed E-state index contributed by atoms with van der Waals surface area (Å²) in [4.78, 5) is 14.6. The van der Waals surface area contributed by atoms with Crippen molar-refractivity contribution in [1.29, 1.82) is 0 Å². The fourth-order valence-corrected chi connectivity index (χ4v) is 2.01. The van der Waals surface area contributed by atoms with Crippen molar-refractivity contribution in [3.8, 4) is 11.5 Å². The van der Waals surface area contributed by atoms with E-state index < -0.39 is 4.92 Å². The lowest BCUT2D eigenvalue weighted by molar-refractivity contribution is -0.384. The van der Waals surface area contributed by atoms with Gasteiger partial charge in [0.15, 0.2) is 0 Å². The van der Waals surface area contributed by atoms with E-state index in [0.29, 0.717) is 11.5 Å². The number of aromatic nitrogens is 1. The first-order valence-electron chi connectivity index (χ1n) is 6.19. The van der Waals surface area contributed by atoms with E-state index in [1.807, 2.05) is 30.3 Å². The maximum Gasteiger partial charge on any atom is 0.275 e. The molecule has 0 aliphatic rings. The highest BCUT2D eigenvalue weighted by Crippen LogP contribution is 2.29. The number of fused-ring (bicyclic) bond motifs is 1. The van der Waals surface area contributed by atoms with Crippen LogP contribution >= 0.6 is 0 Å². The normalized spacial score (nSPS) is 10.5. The SMILES string of the molecule is Nc1cc(Oc2cnc3ccccc3c2)cc([N+](=O)[O-])c1. The van der Waals surface area contributed by atoms with Crippen molar-refractivity contribution in [2.45, 2.75) is 0 Å². The minimum absolute atomic E-state index is 0.112. The van der Waals surface area contributed by atoms with Crippen LogP contribution in [0.1, 0.15) is 0 Å². The number of nitrogens with two attached hydrogens (primary N) is 1. The van der Waals surface area contributed by atoms with Crippen molar-refractivity contribution in [3.05, 3.63) is 64.8 Å². The van der Waals surface area contributed by atoms with E-state index in [-0.39, 0.29) is 11.4 Å². The van der Waals surface area contributed by atoms with Crippen molar-refractivity contribution >= 4 is 22.3 Å². The van der Waals surface area contributed by atoms with Crippen molar-refractivity contribution < 1.29 is 9.66 Å². The summed E-state index contributed by atoms with van der Waals surface area (Å²) >= 11 is 0. The van der Waals surface area contributed by atoms with E-state index in [0.717, 1.165) is 10.9 Å². The molecule has 0 saturated carbocycles. The van der Waals surface area contributed by atoms with Gasteiger partial charge in [0.2, 0.25) is 0 Å². The van der Waals surface area contributed by atoms with Crippen LogP contribution in [-0.2, 0) is 0 Å². The Morgan fingerprint density at radius 1 is 1.10 bits per heavy atom.